The lowest BCUT2D eigenvalue weighted by Gasteiger charge is -2.28. The molecule has 0 atom stereocenters. The number of nitrogens with one attached hydrogen (secondary N) is 1. The van der Waals surface area contributed by atoms with Gasteiger partial charge in [-0.25, -0.2) is 29.7 Å². The second-order valence-corrected chi connectivity index (χ2v) is 8.33. The summed E-state index contributed by atoms with van der Waals surface area (Å²) in [4.78, 5) is 47.1. The van der Waals surface area contributed by atoms with E-state index in [1.807, 2.05) is 4.90 Å². The Labute approximate surface area is 188 Å². The molecule has 0 unspecified atom stereocenters. The number of aliphatic carboxylic acids is 1. The summed E-state index contributed by atoms with van der Waals surface area (Å²) >= 11 is 0. The summed E-state index contributed by atoms with van der Waals surface area (Å²) in [6, 6.07) is 0. The number of nitrogens with zero attached hydrogens (tertiary/aromatic N) is 7. The Morgan fingerprint density at radius 2 is 1.85 bits per heavy atom. The molecule has 0 aromatic carbocycles. The first-order valence-corrected chi connectivity index (χ1v) is 10.3. The van der Waals surface area contributed by atoms with Crippen molar-refractivity contribution in [2.24, 2.45) is 0 Å². The maximum atomic E-state index is 11.9. The summed E-state index contributed by atoms with van der Waals surface area (Å²) in [7, 11) is 0. The minimum atomic E-state index is -1.01. The minimum absolute atomic E-state index is 0.0680. The molecule has 1 saturated heterocycles. The van der Waals surface area contributed by atoms with Gasteiger partial charge < -0.3 is 24.0 Å². The fourth-order valence-corrected chi connectivity index (χ4v) is 3.22. The molecule has 13 nitrogen and oxygen atoms in total. The molecule has 3 aromatic rings. The highest BCUT2D eigenvalue weighted by Gasteiger charge is 2.22. The van der Waals surface area contributed by atoms with Gasteiger partial charge in [0.05, 0.1) is 25.1 Å². The number of hydrogen-bond acceptors (Lipinski definition) is 10. The van der Waals surface area contributed by atoms with Crippen LogP contribution in [0.1, 0.15) is 20.8 Å². The topological polar surface area (TPSA) is 157 Å². The van der Waals surface area contributed by atoms with Crippen molar-refractivity contribution in [2.45, 2.75) is 32.9 Å². The molecule has 1 fully saturated rings. The molecule has 174 valence electrons. The SMILES string of the molecule is CC(C)(C)OC(=O)Nc1ncc(-c2nc(N3CCOCC3)c3ncn(CC(=O)O)c3n2)cn1. The number of imidazole rings is 1. The van der Waals surface area contributed by atoms with Gasteiger partial charge in [-0.3, -0.25) is 10.1 Å². The van der Waals surface area contributed by atoms with E-state index in [0.29, 0.717) is 54.7 Å². The Balaban J connectivity index is 1.67. The summed E-state index contributed by atoms with van der Waals surface area (Å²) in [5.74, 6) is -0.0555. The molecule has 0 bridgehead atoms. The lowest BCUT2D eigenvalue weighted by molar-refractivity contribution is -0.137. The van der Waals surface area contributed by atoms with Crippen molar-refractivity contribution in [1.82, 2.24) is 29.5 Å². The number of morpholine rings is 1. The van der Waals surface area contributed by atoms with Gasteiger partial charge in [-0.15, -0.1) is 0 Å². The number of rotatable bonds is 5. The minimum Gasteiger partial charge on any atom is -0.480 e. The van der Waals surface area contributed by atoms with Gasteiger partial charge in [-0.2, -0.15) is 0 Å². The van der Waals surface area contributed by atoms with Crippen LogP contribution >= 0.6 is 0 Å². The van der Waals surface area contributed by atoms with E-state index >= 15 is 0 Å². The zero-order chi connectivity index (χ0) is 23.6. The van der Waals surface area contributed by atoms with E-state index in [9.17, 15) is 14.7 Å². The summed E-state index contributed by atoms with van der Waals surface area (Å²) in [5, 5.41) is 11.7. The number of ether oxygens (including phenoxy) is 2. The Bertz CT molecular complexity index is 1170. The highest BCUT2D eigenvalue weighted by molar-refractivity contribution is 5.87. The standard InChI is InChI=1S/C20H24N8O5/c1-20(2,3)33-19(31)26-18-21-8-12(9-22-18)15-24-16(27-4-6-32-7-5-27)14-17(25-15)28(11-23-14)10-13(29)30/h8-9,11H,4-7,10H2,1-3H3,(H,29,30)(H,21,22,26,31). The average Bonchev–Trinajstić information content (AvgIpc) is 3.15. The van der Waals surface area contributed by atoms with Gasteiger partial charge in [0.15, 0.2) is 22.8 Å². The van der Waals surface area contributed by atoms with Gasteiger partial charge in [-0.05, 0) is 20.8 Å². The Kier molecular flexibility index (Phi) is 6.05. The highest BCUT2D eigenvalue weighted by atomic mass is 16.6. The lowest BCUT2D eigenvalue weighted by atomic mass is 10.2. The first kappa shape index (κ1) is 22.3. The summed E-state index contributed by atoms with van der Waals surface area (Å²) in [6.45, 7) is 7.31. The Morgan fingerprint density at radius 3 is 2.48 bits per heavy atom. The first-order valence-electron chi connectivity index (χ1n) is 10.3. The van der Waals surface area contributed by atoms with Gasteiger partial charge in [0.2, 0.25) is 5.95 Å². The Hall–Kier alpha value is -3.87. The van der Waals surface area contributed by atoms with Gasteiger partial charge in [0, 0.05) is 25.5 Å². The molecule has 1 amide bonds. The molecule has 13 heteroatoms. The quantitative estimate of drug-likeness (QED) is 0.574. The molecule has 33 heavy (non-hydrogen) atoms. The number of anilines is 2. The van der Waals surface area contributed by atoms with Crippen LogP contribution < -0.4 is 10.2 Å². The number of aromatic nitrogens is 6. The summed E-state index contributed by atoms with van der Waals surface area (Å²) in [5.41, 5.74) is 0.734. The van der Waals surface area contributed by atoms with Crippen LogP contribution in [0.25, 0.3) is 22.6 Å². The zero-order valence-electron chi connectivity index (χ0n) is 18.5. The van der Waals surface area contributed by atoms with E-state index in [1.54, 1.807) is 20.8 Å². The van der Waals surface area contributed by atoms with Crippen molar-refractivity contribution >= 4 is 35.0 Å². The maximum Gasteiger partial charge on any atom is 0.414 e. The highest BCUT2D eigenvalue weighted by Crippen LogP contribution is 2.27. The van der Waals surface area contributed by atoms with Gasteiger partial charge >= 0.3 is 12.1 Å². The van der Waals surface area contributed by atoms with Crippen LogP contribution in [-0.4, -0.2) is 78.6 Å². The molecular weight excluding hydrogens is 432 g/mol. The third-order valence-electron chi connectivity index (χ3n) is 4.58. The smallest absolute Gasteiger partial charge is 0.414 e. The van der Waals surface area contributed by atoms with E-state index in [4.69, 9.17) is 9.47 Å². The van der Waals surface area contributed by atoms with Crippen molar-refractivity contribution in [3.63, 3.8) is 0 Å². The van der Waals surface area contributed by atoms with Crippen molar-refractivity contribution < 1.29 is 24.2 Å². The molecule has 1 aliphatic rings. The summed E-state index contributed by atoms with van der Waals surface area (Å²) < 4.78 is 12.1. The first-order chi connectivity index (χ1) is 15.7. The van der Waals surface area contributed by atoms with Gasteiger partial charge in [-0.1, -0.05) is 0 Å². The van der Waals surface area contributed by atoms with Gasteiger partial charge in [0.1, 0.15) is 12.1 Å². The number of carbonyl (C=O) groups is 2. The molecule has 0 radical (unpaired) electrons. The van der Waals surface area contributed by atoms with Crippen LogP contribution in [0.15, 0.2) is 18.7 Å². The van der Waals surface area contributed by atoms with Crippen molar-refractivity contribution in [3.8, 4) is 11.4 Å². The van der Waals surface area contributed by atoms with Crippen LogP contribution in [0.5, 0.6) is 0 Å². The second-order valence-electron chi connectivity index (χ2n) is 8.33. The molecule has 1 aliphatic heterocycles. The number of carboxylic acids is 1. The van der Waals surface area contributed by atoms with Crippen molar-refractivity contribution in [1.29, 1.82) is 0 Å². The molecule has 0 aliphatic carbocycles. The second kappa shape index (κ2) is 8.94. The average molecular weight is 456 g/mol. The molecule has 4 rings (SSSR count). The van der Waals surface area contributed by atoms with Crippen LogP contribution in [0.3, 0.4) is 0 Å². The van der Waals surface area contributed by atoms with Crippen molar-refractivity contribution in [3.05, 3.63) is 18.7 Å². The molecule has 0 saturated carbocycles. The van der Waals surface area contributed by atoms with E-state index < -0.39 is 17.7 Å². The predicted octanol–water partition coefficient (Wildman–Crippen LogP) is 1.55. The molecule has 2 N–H and O–H groups in total. The lowest BCUT2D eigenvalue weighted by Crippen LogP contribution is -2.37. The number of amides is 1. The van der Waals surface area contributed by atoms with Crippen LogP contribution in [-0.2, 0) is 20.8 Å². The zero-order valence-corrected chi connectivity index (χ0v) is 18.5. The number of carboxylic acid groups (broad SMARTS) is 1. The molecule has 4 heterocycles. The van der Waals surface area contributed by atoms with E-state index in [1.165, 1.54) is 23.3 Å². The van der Waals surface area contributed by atoms with E-state index in [2.05, 4.69) is 30.2 Å². The fourth-order valence-electron chi connectivity index (χ4n) is 3.22. The third-order valence-corrected chi connectivity index (χ3v) is 4.58. The van der Waals surface area contributed by atoms with E-state index in [0.717, 1.165) is 0 Å². The summed E-state index contributed by atoms with van der Waals surface area (Å²) in [6.07, 6.45) is 3.72. The van der Waals surface area contributed by atoms with Crippen LogP contribution in [0.4, 0.5) is 16.6 Å². The van der Waals surface area contributed by atoms with Gasteiger partial charge in [0.25, 0.3) is 0 Å². The van der Waals surface area contributed by atoms with Crippen LogP contribution in [0, 0.1) is 0 Å². The molecule has 3 aromatic heterocycles. The number of hydrogen-bond donors (Lipinski definition) is 2. The Morgan fingerprint density at radius 1 is 1.15 bits per heavy atom. The molecule has 0 spiro atoms. The predicted molar refractivity (Wildman–Crippen MR) is 117 cm³/mol. The van der Waals surface area contributed by atoms with Crippen LogP contribution in [0.2, 0.25) is 0 Å². The number of carbonyl (C=O) groups excluding carboxylic acids is 1. The van der Waals surface area contributed by atoms with Crippen molar-refractivity contribution in [2.75, 3.05) is 36.5 Å². The fraction of sp³-hybridized carbons (Fsp3) is 0.450. The number of fused-ring (bicyclic) bond motifs is 1. The third kappa shape index (κ3) is 5.31. The molecular formula is C20H24N8O5. The largest absolute Gasteiger partial charge is 0.480 e. The normalized spacial score (nSPS) is 14.3. The monoisotopic (exact) mass is 456 g/mol. The van der Waals surface area contributed by atoms with E-state index in [-0.39, 0.29) is 12.5 Å². The maximum absolute atomic E-state index is 11.9.